The van der Waals surface area contributed by atoms with Crippen molar-refractivity contribution in [3.05, 3.63) is 60.7 Å². The van der Waals surface area contributed by atoms with Gasteiger partial charge in [-0.2, -0.15) is 60.7 Å². The summed E-state index contributed by atoms with van der Waals surface area (Å²) in [4.78, 5) is 22.4. The second-order valence-corrected chi connectivity index (χ2v) is 15.6. The fourth-order valence-corrected chi connectivity index (χ4v) is 4.95. The third kappa shape index (κ3) is 20.7. The molecule has 55 heavy (non-hydrogen) atoms. The molecule has 0 bridgehead atoms. The van der Waals surface area contributed by atoms with Crippen molar-refractivity contribution in [2.45, 2.75) is 99.6 Å². The summed E-state index contributed by atoms with van der Waals surface area (Å²) in [7, 11) is -12.3. The van der Waals surface area contributed by atoms with Crippen LogP contribution in [0.4, 0.5) is 59.2 Å². The van der Waals surface area contributed by atoms with Crippen LogP contribution in [0.25, 0.3) is 0 Å². The van der Waals surface area contributed by atoms with E-state index < -0.39 is 97.7 Å². The first-order valence-electron chi connectivity index (χ1n) is 15.0. The van der Waals surface area contributed by atoms with Gasteiger partial charge in [0, 0.05) is 24.2 Å². The number of benzene rings is 2. The van der Waals surface area contributed by atoms with Crippen LogP contribution < -0.4 is 10.6 Å². The van der Waals surface area contributed by atoms with Crippen LogP contribution >= 0.6 is 0 Å². The zero-order chi connectivity index (χ0) is 43.5. The number of aliphatic hydroxyl groups is 3. The number of aliphatic hydroxyl groups excluding tert-OH is 1. The molecule has 0 saturated carbocycles. The van der Waals surface area contributed by atoms with Gasteiger partial charge in [0.2, 0.25) is 0 Å². The molecule has 0 radical (unpaired) electrons. The molecule has 0 saturated heterocycles. The molecule has 0 aliphatic heterocycles. The van der Waals surface area contributed by atoms with Crippen molar-refractivity contribution in [3.63, 3.8) is 0 Å². The zero-order valence-corrected chi connectivity index (χ0v) is 30.6. The number of hydrogen-bond donors (Lipinski definition) is 5. The first kappa shape index (κ1) is 51.4. The Labute approximate surface area is 308 Å². The Balaban J connectivity index is 0.000000880. The van der Waals surface area contributed by atoms with Gasteiger partial charge in [-0.25, -0.2) is 0 Å². The molecule has 25 heteroatoms. The highest BCUT2D eigenvalue weighted by Crippen LogP contribution is 2.33. The minimum Gasteiger partial charge on any atom is -0.393 e. The molecule has 2 unspecified atom stereocenters. The molecule has 2 aromatic rings. The average Bonchev–Trinajstić information content (AvgIpc) is 2.94. The van der Waals surface area contributed by atoms with E-state index in [4.69, 9.17) is 10.2 Å². The molecular formula is C30H37F11N2O10S2. The predicted octanol–water partition coefficient (Wildman–Crippen LogP) is 6.02. The minimum absolute atomic E-state index is 0.0594. The van der Waals surface area contributed by atoms with E-state index in [1.807, 2.05) is 0 Å². The van der Waals surface area contributed by atoms with E-state index in [-0.39, 0.29) is 17.8 Å². The lowest BCUT2D eigenvalue weighted by molar-refractivity contribution is -0.159. The lowest BCUT2D eigenvalue weighted by atomic mass is 9.99. The standard InChI is InChI=1S/C15H18F5NO5S.C8H6F3NO3S.C7H13F3O2/c1-13(2,23)8-11(9-14(16,17)18)26-27(24,25)15(19,20)12(22)21-10-6-4-3-5-7-10;9-8(10,16(11,14)15)7(13)12-6-4-2-1-3-5-6;1-6(2,12)3-5(11)4-7(8,9)10/h3-7,11,23H,8-9H2,1-2H3,(H,21,22);1-5H,(H,12,13);5,11-12H,3-4H2,1-2H3. The third-order valence-corrected chi connectivity index (χ3v) is 8.00. The number of hydrogen-bond acceptors (Lipinski definition) is 10. The fourth-order valence-electron chi connectivity index (χ4n) is 3.79. The van der Waals surface area contributed by atoms with Crippen LogP contribution in [0.15, 0.2) is 60.7 Å². The predicted molar refractivity (Wildman–Crippen MR) is 173 cm³/mol. The number of carbonyl (C=O) groups excluding carboxylic acids is 2. The zero-order valence-electron chi connectivity index (χ0n) is 28.9. The van der Waals surface area contributed by atoms with Crippen molar-refractivity contribution < 1.29 is 93.7 Å². The highest BCUT2D eigenvalue weighted by molar-refractivity contribution is 7.88. The van der Waals surface area contributed by atoms with E-state index in [9.17, 15) is 79.3 Å². The summed E-state index contributed by atoms with van der Waals surface area (Å²) in [5, 5.41) is 20.4. The van der Waals surface area contributed by atoms with Crippen LogP contribution in [0.5, 0.6) is 0 Å². The van der Waals surface area contributed by atoms with Gasteiger partial charge >= 0.3 is 55.0 Å². The quantitative estimate of drug-likeness (QED) is 0.0851. The number of halogens is 11. The Bertz CT molecular complexity index is 1700. The van der Waals surface area contributed by atoms with Crippen LogP contribution in [-0.2, 0) is 34.1 Å². The molecule has 2 amide bonds. The number of amides is 2. The molecule has 2 atom stereocenters. The van der Waals surface area contributed by atoms with E-state index in [0.29, 0.717) is 0 Å². The van der Waals surface area contributed by atoms with Crippen LogP contribution in [0.2, 0.25) is 0 Å². The first-order chi connectivity index (χ1) is 24.4. The average molecular weight is 859 g/mol. The Kier molecular flexibility index (Phi) is 18.2. The molecule has 12 nitrogen and oxygen atoms in total. The monoisotopic (exact) mass is 858 g/mol. The van der Waals surface area contributed by atoms with E-state index in [1.54, 1.807) is 16.7 Å². The number of anilines is 2. The second-order valence-electron chi connectivity index (χ2n) is 12.6. The molecule has 316 valence electrons. The smallest absolute Gasteiger partial charge is 0.393 e. The normalized spacial score (nSPS) is 14.3. The van der Waals surface area contributed by atoms with Gasteiger partial charge in [-0.1, -0.05) is 40.3 Å². The fraction of sp³-hybridized carbons (Fsp3) is 0.533. The summed E-state index contributed by atoms with van der Waals surface area (Å²) < 4.78 is 186. The number of nitrogens with one attached hydrogen (secondary N) is 2. The van der Waals surface area contributed by atoms with Crippen molar-refractivity contribution >= 4 is 43.5 Å². The van der Waals surface area contributed by atoms with Crippen molar-refractivity contribution in [3.8, 4) is 0 Å². The SMILES string of the molecule is CC(C)(O)CC(CC(F)(F)F)OS(=O)(=O)C(F)(F)C(=O)Nc1ccccc1.CC(C)(O)CC(O)CC(F)(F)F.O=C(Nc1ccccc1)C(F)(F)S(=O)(=O)F. The second kappa shape index (κ2) is 19.5. The summed E-state index contributed by atoms with van der Waals surface area (Å²) in [6, 6.07) is 13.6. The number of alkyl halides is 10. The van der Waals surface area contributed by atoms with Gasteiger partial charge in [-0.05, 0) is 52.0 Å². The molecular weight excluding hydrogens is 821 g/mol. The lowest BCUT2D eigenvalue weighted by Gasteiger charge is -2.27. The van der Waals surface area contributed by atoms with Gasteiger partial charge < -0.3 is 26.0 Å². The van der Waals surface area contributed by atoms with Crippen molar-refractivity contribution in [2.75, 3.05) is 10.6 Å². The van der Waals surface area contributed by atoms with Gasteiger partial charge in [-0.3, -0.25) is 13.8 Å². The maximum Gasteiger partial charge on any atom is 0.451 e. The molecule has 0 aliphatic carbocycles. The largest absolute Gasteiger partial charge is 0.451 e. The molecule has 2 rings (SSSR count). The summed E-state index contributed by atoms with van der Waals surface area (Å²) in [6.07, 6.45) is -17.5. The summed E-state index contributed by atoms with van der Waals surface area (Å²) in [6.45, 7) is 4.80. The van der Waals surface area contributed by atoms with Crippen LogP contribution in [0, 0.1) is 0 Å². The summed E-state index contributed by atoms with van der Waals surface area (Å²) >= 11 is 0. The molecule has 0 aliphatic rings. The molecule has 0 aromatic heterocycles. The van der Waals surface area contributed by atoms with Crippen LogP contribution in [0.3, 0.4) is 0 Å². The van der Waals surface area contributed by atoms with E-state index in [0.717, 1.165) is 13.8 Å². The number of para-hydroxylation sites is 2. The molecule has 0 spiro atoms. The summed E-state index contributed by atoms with van der Waals surface area (Å²) in [5.74, 6) is -4.52. The molecule has 5 N–H and O–H groups in total. The van der Waals surface area contributed by atoms with Gasteiger partial charge in [0.15, 0.2) is 0 Å². The Morgan fingerprint density at radius 3 is 1.27 bits per heavy atom. The van der Waals surface area contributed by atoms with Gasteiger partial charge in [0.05, 0.1) is 36.3 Å². The van der Waals surface area contributed by atoms with Crippen molar-refractivity contribution in [2.24, 2.45) is 0 Å². The minimum atomic E-state index is -6.27. The maximum absolute atomic E-state index is 14.0. The van der Waals surface area contributed by atoms with Crippen molar-refractivity contribution in [1.82, 2.24) is 0 Å². The third-order valence-electron chi connectivity index (χ3n) is 5.86. The molecule has 0 heterocycles. The van der Waals surface area contributed by atoms with Crippen molar-refractivity contribution in [1.29, 1.82) is 0 Å². The Morgan fingerprint density at radius 2 is 0.964 bits per heavy atom. The van der Waals surface area contributed by atoms with Gasteiger partial charge in [-0.15, -0.1) is 0 Å². The molecule has 2 aromatic carbocycles. The van der Waals surface area contributed by atoms with E-state index in [2.05, 4.69) is 4.18 Å². The topological polar surface area (TPSA) is 196 Å². The van der Waals surface area contributed by atoms with E-state index >= 15 is 0 Å². The Hall–Kier alpha value is -3.65. The first-order valence-corrected chi connectivity index (χ1v) is 17.8. The van der Waals surface area contributed by atoms with Crippen LogP contribution in [-0.4, -0.2) is 90.2 Å². The van der Waals surface area contributed by atoms with E-state index in [1.165, 1.54) is 68.4 Å². The van der Waals surface area contributed by atoms with Gasteiger partial charge in [0.25, 0.3) is 0 Å². The number of carbonyl (C=O) groups is 2. The Morgan fingerprint density at radius 1 is 0.618 bits per heavy atom. The highest BCUT2D eigenvalue weighted by Gasteiger charge is 2.56. The van der Waals surface area contributed by atoms with Gasteiger partial charge in [0.1, 0.15) is 0 Å². The maximum atomic E-state index is 14.0. The number of rotatable bonds is 14. The summed E-state index contributed by atoms with van der Waals surface area (Å²) in [5.41, 5.74) is -3.31. The molecule has 0 fully saturated rings. The highest BCUT2D eigenvalue weighted by atomic mass is 32.3. The lowest BCUT2D eigenvalue weighted by Crippen LogP contribution is -2.45. The van der Waals surface area contributed by atoms with Crippen LogP contribution in [0.1, 0.15) is 53.4 Å².